The Morgan fingerprint density at radius 1 is 1.08 bits per heavy atom. The topological polar surface area (TPSA) is 61.3 Å². The highest BCUT2D eigenvalue weighted by atomic mass is 31.2. The summed E-state index contributed by atoms with van der Waals surface area (Å²) in [5.41, 5.74) is 1.04. The molecule has 2 rings (SSSR count). The molecule has 1 aromatic heterocycles. The molecule has 0 aliphatic carbocycles. The molecule has 0 radical (unpaired) electrons. The van der Waals surface area contributed by atoms with Gasteiger partial charge in [-0.1, -0.05) is 11.6 Å². The Morgan fingerprint density at radius 2 is 1.67 bits per heavy atom. The van der Waals surface area contributed by atoms with E-state index in [0.717, 1.165) is 5.56 Å². The molecule has 0 saturated heterocycles. The maximum Gasteiger partial charge on any atom is 0.451 e. The molecule has 5 nitrogen and oxygen atoms in total. The lowest BCUT2D eigenvalue weighted by atomic mass is 10.1. The van der Waals surface area contributed by atoms with Gasteiger partial charge in [0.25, 0.3) is 0 Å². The molecule has 0 bridgehead atoms. The molecule has 0 spiro atoms. The van der Waals surface area contributed by atoms with Crippen LogP contribution in [0.1, 0.15) is 30.8 Å². The second-order valence-electron chi connectivity index (χ2n) is 5.18. The minimum absolute atomic E-state index is 0.00885. The fourth-order valence-electron chi connectivity index (χ4n) is 2.41. The van der Waals surface area contributed by atoms with E-state index in [2.05, 4.69) is 9.97 Å². The van der Waals surface area contributed by atoms with E-state index in [9.17, 15) is 17.7 Å². The van der Waals surface area contributed by atoms with Crippen LogP contribution in [0.2, 0.25) is 0 Å². The van der Waals surface area contributed by atoms with Crippen LogP contribution in [0.25, 0.3) is 10.9 Å². The van der Waals surface area contributed by atoms with Gasteiger partial charge in [-0.3, -0.25) is 4.57 Å². The van der Waals surface area contributed by atoms with Gasteiger partial charge in [0.15, 0.2) is 5.44 Å². The summed E-state index contributed by atoms with van der Waals surface area (Å²) in [4.78, 5) is 7.13. The minimum atomic E-state index is -4.77. The van der Waals surface area contributed by atoms with Crippen LogP contribution in [-0.2, 0) is 19.8 Å². The Labute approximate surface area is 137 Å². The number of aryl methyl sites for hydroxylation is 2. The van der Waals surface area contributed by atoms with Gasteiger partial charge in [-0.2, -0.15) is 13.2 Å². The van der Waals surface area contributed by atoms with Crippen LogP contribution in [0.15, 0.2) is 12.1 Å². The molecule has 1 aromatic carbocycles. The van der Waals surface area contributed by atoms with Crippen molar-refractivity contribution in [3.63, 3.8) is 0 Å². The predicted octanol–water partition coefficient (Wildman–Crippen LogP) is 4.16. The minimum Gasteiger partial charge on any atom is -0.304 e. The van der Waals surface area contributed by atoms with Gasteiger partial charge in [-0.05, 0) is 39.3 Å². The third kappa shape index (κ3) is 3.61. The molecule has 0 saturated carbocycles. The lowest BCUT2D eigenvalue weighted by Crippen LogP contribution is -2.23. The van der Waals surface area contributed by atoms with Gasteiger partial charge < -0.3 is 9.05 Å². The molecule has 0 N–H and O–H groups in total. The Morgan fingerprint density at radius 3 is 2.17 bits per heavy atom. The van der Waals surface area contributed by atoms with Gasteiger partial charge in [0.1, 0.15) is 0 Å². The zero-order chi connectivity index (χ0) is 18.1. The van der Waals surface area contributed by atoms with Gasteiger partial charge in [0.05, 0.1) is 18.7 Å². The average molecular weight is 362 g/mol. The first-order valence-corrected chi connectivity index (χ1v) is 8.92. The molecule has 0 amide bonds. The van der Waals surface area contributed by atoms with Crippen molar-refractivity contribution >= 4 is 23.9 Å². The molecule has 24 heavy (non-hydrogen) atoms. The van der Waals surface area contributed by atoms with Crippen LogP contribution in [0.3, 0.4) is 0 Å². The van der Waals surface area contributed by atoms with Crippen LogP contribution < -0.4 is 5.44 Å². The number of hydrogen-bond acceptors (Lipinski definition) is 5. The van der Waals surface area contributed by atoms with Crippen molar-refractivity contribution in [3.05, 3.63) is 29.1 Å². The molecular weight excluding hydrogens is 344 g/mol. The van der Waals surface area contributed by atoms with Gasteiger partial charge in [-0.15, -0.1) is 0 Å². The summed E-state index contributed by atoms with van der Waals surface area (Å²) in [6.45, 7) is 6.59. The third-order valence-electron chi connectivity index (χ3n) is 3.23. The summed E-state index contributed by atoms with van der Waals surface area (Å²) in [6.07, 6.45) is -4.77. The number of alkyl halides is 3. The summed E-state index contributed by atoms with van der Waals surface area (Å²) in [5, 5.41) is 0.241. The van der Waals surface area contributed by atoms with E-state index in [0.29, 0.717) is 5.56 Å². The Hall–Kier alpha value is -1.50. The van der Waals surface area contributed by atoms with E-state index in [1.807, 2.05) is 0 Å². The predicted molar refractivity (Wildman–Crippen MR) is 84.5 cm³/mol. The quantitative estimate of drug-likeness (QED) is 0.748. The summed E-state index contributed by atoms with van der Waals surface area (Å²) in [5.74, 6) is -1.36. The Bertz CT molecular complexity index is 799. The van der Waals surface area contributed by atoms with Crippen molar-refractivity contribution in [2.45, 2.75) is 33.9 Å². The summed E-state index contributed by atoms with van der Waals surface area (Å²) in [7, 11) is -4.00. The highest BCUT2D eigenvalue weighted by molar-refractivity contribution is 7.62. The number of benzene rings is 1. The van der Waals surface area contributed by atoms with Gasteiger partial charge in [0, 0.05) is 5.39 Å². The number of nitrogens with zero attached hydrogens (tertiary/aromatic N) is 2. The lowest BCUT2D eigenvalue weighted by molar-refractivity contribution is -0.144. The summed E-state index contributed by atoms with van der Waals surface area (Å²) < 4.78 is 62.9. The first-order valence-electron chi connectivity index (χ1n) is 7.38. The average Bonchev–Trinajstić information content (AvgIpc) is 2.45. The van der Waals surface area contributed by atoms with E-state index >= 15 is 0 Å². The van der Waals surface area contributed by atoms with E-state index in [4.69, 9.17) is 9.05 Å². The third-order valence-corrected chi connectivity index (χ3v) is 5.28. The van der Waals surface area contributed by atoms with Crippen molar-refractivity contribution in [2.75, 3.05) is 13.2 Å². The van der Waals surface area contributed by atoms with Gasteiger partial charge in [0.2, 0.25) is 5.82 Å². The first-order chi connectivity index (χ1) is 11.1. The molecule has 9 heteroatoms. The fourth-order valence-corrected chi connectivity index (χ4v) is 4.09. The second kappa shape index (κ2) is 6.78. The highest BCUT2D eigenvalue weighted by Gasteiger charge is 2.39. The first kappa shape index (κ1) is 18.8. The van der Waals surface area contributed by atoms with Gasteiger partial charge >= 0.3 is 13.8 Å². The molecule has 0 aliphatic rings. The molecule has 0 aliphatic heterocycles. The molecule has 132 valence electrons. The highest BCUT2D eigenvalue weighted by Crippen LogP contribution is 2.48. The monoisotopic (exact) mass is 362 g/mol. The number of fused-ring (bicyclic) bond motifs is 1. The van der Waals surface area contributed by atoms with Gasteiger partial charge in [-0.25, -0.2) is 9.97 Å². The SMILES string of the molecule is CCOP(=O)(OCC)c1nc(C(F)(F)F)nc2c(C)cc(C)cc12. The van der Waals surface area contributed by atoms with Crippen LogP contribution in [0, 0.1) is 13.8 Å². The number of halogens is 3. The maximum atomic E-state index is 13.2. The smallest absolute Gasteiger partial charge is 0.304 e. The largest absolute Gasteiger partial charge is 0.451 e. The molecule has 1 heterocycles. The Balaban J connectivity index is 2.90. The maximum absolute atomic E-state index is 13.2. The normalized spacial score (nSPS) is 12.8. The van der Waals surface area contributed by atoms with Crippen molar-refractivity contribution < 1.29 is 26.8 Å². The van der Waals surface area contributed by atoms with Crippen molar-refractivity contribution in [3.8, 4) is 0 Å². The van der Waals surface area contributed by atoms with Crippen LogP contribution >= 0.6 is 7.60 Å². The van der Waals surface area contributed by atoms with E-state index in [1.54, 1.807) is 39.8 Å². The van der Waals surface area contributed by atoms with Crippen LogP contribution in [0.4, 0.5) is 13.2 Å². The molecule has 0 fully saturated rings. The lowest BCUT2D eigenvalue weighted by Gasteiger charge is -2.19. The summed E-state index contributed by atoms with van der Waals surface area (Å²) >= 11 is 0. The molecule has 2 aromatic rings. The standard InChI is InChI=1S/C15H18F3N2O3P/c1-5-22-24(21,23-6-2)13-11-8-9(3)7-10(4)12(11)19-14(20-13)15(16,17)18/h7-8H,5-6H2,1-4H3. The fraction of sp³-hybridized carbons (Fsp3) is 0.467. The molecule has 0 unspecified atom stereocenters. The molecular formula is C15H18F3N2O3P. The molecule has 0 atom stereocenters. The summed E-state index contributed by atoms with van der Waals surface area (Å²) in [6, 6.07) is 3.29. The zero-order valence-corrected chi connectivity index (χ0v) is 14.7. The van der Waals surface area contributed by atoms with Crippen molar-refractivity contribution in [1.29, 1.82) is 0 Å². The number of aromatic nitrogens is 2. The van der Waals surface area contributed by atoms with Crippen molar-refractivity contribution in [2.24, 2.45) is 0 Å². The van der Waals surface area contributed by atoms with E-state index in [1.165, 1.54) is 0 Å². The van der Waals surface area contributed by atoms with E-state index in [-0.39, 0.29) is 29.6 Å². The zero-order valence-electron chi connectivity index (χ0n) is 13.8. The number of hydrogen-bond donors (Lipinski definition) is 0. The Kier molecular flexibility index (Phi) is 5.32. The number of rotatable bonds is 5. The second-order valence-corrected chi connectivity index (χ2v) is 7.11. The van der Waals surface area contributed by atoms with Crippen molar-refractivity contribution in [1.82, 2.24) is 9.97 Å². The van der Waals surface area contributed by atoms with Crippen LogP contribution in [0.5, 0.6) is 0 Å². The van der Waals surface area contributed by atoms with Crippen LogP contribution in [-0.4, -0.2) is 23.2 Å². The van der Waals surface area contributed by atoms with E-state index < -0.39 is 19.6 Å².